The van der Waals surface area contributed by atoms with Crippen LogP contribution in [0.25, 0.3) is 16.7 Å². The number of nitrogens with two attached hydrogens (primary N) is 1. The van der Waals surface area contributed by atoms with Crippen LogP contribution in [0.15, 0.2) is 42.5 Å². The van der Waals surface area contributed by atoms with Crippen LogP contribution in [0.2, 0.25) is 0 Å². The number of nitrogens with zero attached hydrogens (tertiary/aromatic N) is 3. The molecule has 0 atom stereocenters. The highest BCUT2D eigenvalue weighted by Gasteiger charge is 2.12. The zero-order valence-corrected chi connectivity index (χ0v) is 10.6. The first-order valence-electron chi connectivity index (χ1n) is 5.57. The lowest BCUT2D eigenvalue weighted by atomic mass is 10.1. The van der Waals surface area contributed by atoms with Crippen molar-refractivity contribution >= 4 is 28.2 Å². The number of thiocarbonyl (C=S) groups is 1. The fraction of sp³-hybridized carbons (Fsp3) is 0. The highest BCUT2D eigenvalue weighted by atomic mass is 32.1. The second kappa shape index (κ2) is 4.40. The fourth-order valence-corrected chi connectivity index (χ4v) is 2.10. The van der Waals surface area contributed by atoms with Crippen LogP contribution in [0.5, 0.6) is 0 Å². The van der Waals surface area contributed by atoms with Gasteiger partial charge in [-0.25, -0.2) is 9.07 Å². The number of rotatable bonds is 2. The maximum absolute atomic E-state index is 13.3. The van der Waals surface area contributed by atoms with Gasteiger partial charge in [0.15, 0.2) is 0 Å². The maximum Gasteiger partial charge on any atom is 0.124 e. The largest absolute Gasteiger partial charge is 0.389 e. The van der Waals surface area contributed by atoms with Crippen molar-refractivity contribution in [3.63, 3.8) is 0 Å². The molecule has 0 aliphatic carbocycles. The standard InChI is InChI=1S/C13H9FN4S/c14-8-5-6-11(9(7-8)13(15)19)18-12-4-2-1-3-10(12)16-17-18/h1-7H,(H2,15,19). The Balaban J connectivity index is 2.30. The van der Waals surface area contributed by atoms with Crippen LogP contribution < -0.4 is 5.73 Å². The van der Waals surface area contributed by atoms with E-state index in [1.807, 2.05) is 24.3 Å². The lowest BCUT2D eigenvalue weighted by molar-refractivity contribution is 0.626. The van der Waals surface area contributed by atoms with E-state index >= 15 is 0 Å². The molecule has 0 bridgehead atoms. The van der Waals surface area contributed by atoms with Gasteiger partial charge < -0.3 is 5.73 Å². The van der Waals surface area contributed by atoms with Gasteiger partial charge in [0.25, 0.3) is 0 Å². The van der Waals surface area contributed by atoms with Crippen molar-refractivity contribution in [2.75, 3.05) is 0 Å². The molecule has 3 rings (SSSR count). The molecule has 0 saturated heterocycles. The van der Waals surface area contributed by atoms with Gasteiger partial charge in [-0.3, -0.25) is 0 Å². The van der Waals surface area contributed by atoms with Crippen LogP contribution in [0.1, 0.15) is 5.56 Å². The van der Waals surface area contributed by atoms with E-state index in [-0.39, 0.29) is 4.99 Å². The van der Waals surface area contributed by atoms with Crippen LogP contribution in [0.4, 0.5) is 4.39 Å². The lowest BCUT2D eigenvalue weighted by Gasteiger charge is -2.08. The minimum absolute atomic E-state index is 0.120. The summed E-state index contributed by atoms with van der Waals surface area (Å²) in [5, 5.41) is 8.12. The summed E-state index contributed by atoms with van der Waals surface area (Å²) in [5.41, 5.74) is 8.25. The summed E-state index contributed by atoms with van der Waals surface area (Å²) in [4.78, 5) is 0.120. The Hall–Kier alpha value is -2.34. The minimum Gasteiger partial charge on any atom is -0.389 e. The van der Waals surface area contributed by atoms with Gasteiger partial charge in [0.05, 0.1) is 11.2 Å². The highest BCUT2D eigenvalue weighted by molar-refractivity contribution is 7.80. The van der Waals surface area contributed by atoms with Gasteiger partial charge in [0, 0.05) is 5.56 Å². The number of halogens is 1. The molecule has 0 aliphatic rings. The molecule has 6 heteroatoms. The first kappa shape index (κ1) is 11.7. The van der Waals surface area contributed by atoms with E-state index in [9.17, 15) is 4.39 Å². The molecule has 0 radical (unpaired) electrons. The Morgan fingerprint density at radius 3 is 2.79 bits per heavy atom. The second-order valence-corrected chi connectivity index (χ2v) is 4.46. The van der Waals surface area contributed by atoms with Crippen molar-refractivity contribution in [1.82, 2.24) is 15.0 Å². The summed E-state index contributed by atoms with van der Waals surface area (Å²) in [6.07, 6.45) is 0. The minimum atomic E-state index is -0.393. The number of fused-ring (bicyclic) bond motifs is 1. The molecule has 0 amide bonds. The van der Waals surface area contributed by atoms with Crippen LogP contribution in [0, 0.1) is 5.82 Å². The molecule has 19 heavy (non-hydrogen) atoms. The molecule has 0 fully saturated rings. The smallest absolute Gasteiger partial charge is 0.124 e. The first-order chi connectivity index (χ1) is 9.16. The van der Waals surface area contributed by atoms with Gasteiger partial charge in [-0.2, -0.15) is 0 Å². The average molecular weight is 272 g/mol. The van der Waals surface area contributed by atoms with E-state index in [0.717, 1.165) is 11.0 Å². The van der Waals surface area contributed by atoms with E-state index in [1.165, 1.54) is 12.1 Å². The zero-order valence-electron chi connectivity index (χ0n) is 9.75. The van der Waals surface area contributed by atoms with Crippen molar-refractivity contribution in [2.45, 2.75) is 0 Å². The van der Waals surface area contributed by atoms with Crippen LogP contribution >= 0.6 is 12.2 Å². The molecular weight excluding hydrogens is 263 g/mol. The topological polar surface area (TPSA) is 56.7 Å². The summed E-state index contributed by atoms with van der Waals surface area (Å²) >= 11 is 4.96. The molecule has 2 aromatic carbocycles. The summed E-state index contributed by atoms with van der Waals surface area (Å²) in [6.45, 7) is 0. The number of hydrogen-bond acceptors (Lipinski definition) is 3. The highest BCUT2D eigenvalue weighted by Crippen LogP contribution is 2.20. The molecule has 3 aromatic rings. The maximum atomic E-state index is 13.3. The molecular formula is C13H9FN4S. The predicted octanol–water partition coefficient (Wildman–Crippen LogP) is 2.19. The number of hydrogen-bond donors (Lipinski definition) is 1. The third-order valence-corrected chi connectivity index (χ3v) is 3.02. The molecule has 1 aromatic heterocycles. The molecule has 1 heterocycles. The SMILES string of the molecule is NC(=S)c1cc(F)ccc1-n1nnc2ccccc21. The van der Waals surface area contributed by atoms with Gasteiger partial charge in [0.1, 0.15) is 16.3 Å². The van der Waals surface area contributed by atoms with Gasteiger partial charge in [-0.15, -0.1) is 5.10 Å². The zero-order chi connectivity index (χ0) is 13.4. The summed E-state index contributed by atoms with van der Waals surface area (Å²) in [5.74, 6) is -0.393. The summed E-state index contributed by atoms with van der Waals surface area (Å²) in [7, 11) is 0. The van der Waals surface area contributed by atoms with E-state index < -0.39 is 5.82 Å². The van der Waals surface area contributed by atoms with Crippen LogP contribution in [-0.2, 0) is 0 Å². The summed E-state index contributed by atoms with van der Waals surface area (Å²) in [6, 6.07) is 11.7. The Labute approximate surface area is 113 Å². The van der Waals surface area contributed by atoms with Crippen molar-refractivity contribution in [3.05, 3.63) is 53.8 Å². The van der Waals surface area contributed by atoms with E-state index in [1.54, 1.807) is 10.7 Å². The molecule has 0 spiro atoms. The van der Waals surface area contributed by atoms with Crippen molar-refractivity contribution in [2.24, 2.45) is 5.73 Å². The third-order valence-electron chi connectivity index (χ3n) is 2.80. The number of benzene rings is 2. The van der Waals surface area contributed by atoms with Gasteiger partial charge >= 0.3 is 0 Å². The Bertz CT molecular complexity index is 781. The Morgan fingerprint density at radius 1 is 1.21 bits per heavy atom. The lowest BCUT2D eigenvalue weighted by Crippen LogP contribution is -2.14. The quantitative estimate of drug-likeness (QED) is 0.727. The van der Waals surface area contributed by atoms with Gasteiger partial charge in [-0.05, 0) is 30.3 Å². The Kier molecular flexibility index (Phi) is 2.72. The van der Waals surface area contributed by atoms with Crippen molar-refractivity contribution in [1.29, 1.82) is 0 Å². The monoisotopic (exact) mass is 272 g/mol. The van der Waals surface area contributed by atoms with E-state index in [4.69, 9.17) is 18.0 Å². The van der Waals surface area contributed by atoms with Crippen molar-refractivity contribution < 1.29 is 4.39 Å². The molecule has 0 aliphatic heterocycles. The molecule has 4 nitrogen and oxygen atoms in total. The van der Waals surface area contributed by atoms with Crippen LogP contribution in [0.3, 0.4) is 0 Å². The molecule has 0 unspecified atom stereocenters. The van der Waals surface area contributed by atoms with Gasteiger partial charge in [-0.1, -0.05) is 29.6 Å². The molecule has 0 saturated carbocycles. The molecule has 2 N–H and O–H groups in total. The van der Waals surface area contributed by atoms with E-state index in [0.29, 0.717) is 11.3 Å². The number of para-hydroxylation sites is 1. The van der Waals surface area contributed by atoms with Crippen LogP contribution in [-0.4, -0.2) is 20.0 Å². The normalized spacial score (nSPS) is 10.8. The first-order valence-corrected chi connectivity index (χ1v) is 5.98. The van der Waals surface area contributed by atoms with Gasteiger partial charge in [0.2, 0.25) is 0 Å². The summed E-state index contributed by atoms with van der Waals surface area (Å²) < 4.78 is 14.9. The number of aromatic nitrogens is 3. The third kappa shape index (κ3) is 1.96. The van der Waals surface area contributed by atoms with Crippen molar-refractivity contribution in [3.8, 4) is 5.69 Å². The second-order valence-electron chi connectivity index (χ2n) is 4.02. The van der Waals surface area contributed by atoms with E-state index in [2.05, 4.69) is 10.3 Å². The predicted molar refractivity (Wildman–Crippen MR) is 74.7 cm³/mol. The fourth-order valence-electron chi connectivity index (χ4n) is 1.94. The average Bonchev–Trinajstić information content (AvgIpc) is 2.82. The molecule has 94 valence electrons. The Morgan fingerprint density at radius 2 is 2.00 bits per heavy atom.